The van der Waals surface area contributed by atoms with Crippen molar-refractivity contribution in [2.24, 2.45) is 0 Å². The van der Waals surface area contributed by atoms with Gasteiger partial charge in [-0.15, -0.1) is 0 Å². The Morgan fingerprint density at radius 1 is 1.14 bits per heavy atom. The summed E-state index contributed by atoms with van der Waals surface area (Å²) in [5.41, 5.74) is 1.43. The third-order valence-electron chi connectivity index (χ3n) is 3.23. The molecule has 0 radical (unpaired) electrons. The SMILES string of the molecule is CCCCCOc1cccc(NC(=O)c2ccccc2I)c1. The molecule has 3 nitrogen and oxygen atoms in total. The fourth-order valence-corrected chi connectivity index (χ4v) is 2.68. The molecular weight excluding hydrogens is 389 g/mol. The largest absolute Gasteiger partial charge is 0.494 e. The molecular formula is C18H20INO2. The van der Waals surface area contributed by atoms with Crippen LogP contribution in [0.2, 0.25) is 0 Å². The molecule has 0 fully saturated rings. The van der Waals surface area contributed by atoms with Gasteiger partial charge in [-0.3, -0.25) is 4.79 Å². The predicted molar refractivity (Wildman–Crippen MR) is 98.6 cm³/mol. The van der Waals surface area contributed by atoms with Gasteiger partial charge in [0.15, 0.2) is 0 Å². The summed E-state index contributed by atoms with van der Waals surface area (Å²) in [6.07, 6.45) is 3.40. The normalized spacial score (nSPS) is 10.3. The topological polar surface area (TPSA) is 38.3 Å². The summed E-state index contributed by atoms with van der Waals surface area (Å²) < 4.78 is 6.64. The van der Waals surface area contributed by atoms with Crippen molar-refractivity contribution in [3.05, 3.63) is 57.7 Å². The monoisotopic (exact) mass is 409 g/mol. The predicted octanol–water partition coefficient (Wildman–Crippen LogP) is 5.11. The Hall–Kier alpha value is -1.56. The Bertz CT molecular complexity index is 628. The summed E-state index contributed by atoms with van der Waals surface area (Å²) in [5, 5.41) is 2.92. The van der Waals surface area contributed by atoms with Crippen molar-refractivity contribution >= 4 is 34.2 Å². The van der Waals surface area contributed by atoms with Gasteiger partial charge in [0, 0.05) is 15.3 Å². The Balaban J connectivity index is 1.98. The molecule has 0 atom stereocenters. The zero-order valence-corrected chi connectivity index (χ0v) is 14.8. The highest BCUT2D eigenvalue weighted by molar-refractivity contribution is 14.1. The van der Waals surface area contributed by atoms with Crippen molar-refractivity contribution in [3.63, 3.8) is 0 Å². The molecule has 0 aliphatic carbocycles. The molecule has 1 amide bonds. The summed E-state index contributed by atoms with van der Waals surface area (Å²) in [7, 11) is 0. The number of rotatable bonds is 7. The lowest BCUT2D eigenvalue weighted by molar-refractivity contribution is 0.102. The molecule has 0 saturated heterocycles. The number of carbonyl (C=O) groups excluding carboxylic acids is 1. The lowest BCUT2D eigenvalue weighted by Gasteiger charge is -2.10. The van der Waals surface area contributed by atoms with Crippen molar-refractivity contribution < 1.29 is 9.53 Å². The summed E-state index contributed by atoms with van der Waals surface area (Å²) in [6, 6.07) is 15.1. The molecule has 1 N–H and O–H groups in total. The van der Waals surface area contributed by atoms with Gasteiger partial charge in [0.2, 0.25) is 0 Å². The Morgan fingerprint density at radius 3 is 2.73 bits per heavy atom. The van der Waals surface area contributed by atoms with Gasteiger partial charge in [0.1, 0.15) is 5.75 Å². The van der Waals surface area contributed by atoms with Gasteiger partial charge in [-0.25, -0.2) is 0 Å². The van der Waals surface area contributed by atoms with E-state index in [-0.39, 0.29) is 5.91 Å². The molecule has 0 bridgehead atoms. The van der Waals surface area contributed by atoms with Gasteiger partial charge in [0.05, 0.1) is 12.2 Å². The fraction of sp³-hybridized carbons (Fsp3) is 0.278. The molecule has 0 spiro atoms. The Kier molecular flexibility index (Phi) is 6.71. The second kappa shape index (κ2) is 8.78. The van der Waals surface area contributed by atoms with Crippen LogP contribution in [0.15, 0.2) is 48.5 Å². The van der Waals surface area contributed by atoms with Crippen molar-refractivity contribution in [3.8, 4) is 5.75 Å². The number of nitrogens with one attached hydrogen (secondary N) is 1. The van der Waals surface area contributed by atoms with Crippen molar-refractivity contribution in [2.75, 3.05) is 11.9 Å². The van der Waals surface area contributed by atoms with Crippen LogP contribution >= 0.6 is 22.6 Å². The maximum atomic E-state index is 12.3. The van der Waals surface area contributed by atoms with Gasteiger partial charge in [-0.2, -0.15) is 0 Å². The molecule has 0 aliphatic rings. The first kappa shape index (κ1) is 16.8. The number of halogens is 1. The highest BCUT2D eigenvalue weighted by atomic mass is 127. The van der Waals surface area contributed by atoms with E-state index in [9.17, 15) is 4.79 Å². The van der Waals surface area contributed by atoms with Gasteiger partial charge < -0.3 is 10.1 Å². The summed E-state index contributed by atoms with van der Waals surface area (Å²) in [6.45, 7) is 2.88. The van der Waals surface area contributed by atoms with Gasteiger partial charge in [-0.05, 0) is 53.3 Å². The van der Waals surface area contributed by atoms with Crippen LogP contribution in [-0.4, -0.2) is 12.5 Å². The third kappa shape index (κ3) is 5.02. The minimum absolute atomic E-state index is 0.104. The number of unbranched alkanes of at least 4 members (excludes halogenated alkanes) is 2. The smallest absolute Gasteiger partial charge is 0.256 e. The maximum Gasteiger partial charge on any atom is 0.256 e. The molecule has 22 heavy (non-hydrogen) atoms. The van der Waals surface area contributed by atoms with Gasteiger partial charge in [-0.1, -0.05) is 38.0 Å². The summed E-state index contributed by atoms with van der Waals surface area (Å²) in [4.78, 5) is 12.3. The number of anilines is 1. The van der Waals surface area contributed by atoms with Crippen molar-refractivity contribution in [1.82, 2.24) is 0 Å². The van der Waals surface area contributed by atoms with Gasteiger partial charge >= 0.3 is 0 Å². The molecule has 0 aliphatic heterocycles. The lowest BCUT2D eigenvalue weighted by Crippen LogP contribution is -2.13. The molecule has 4 heteroatoms. The van der Waals surface area contributed by atoms with E-state index in [4.69, 9.17) is 4.74 Å². The van der Waals surface area contributed by atoms with Crippen LogP contribution in [0.5, 0.6) is 5.75 Å². The summed E-state index contributed by atoms with van der Waals surface area (Å²) in [5.74, 6) is 0.685. The van der Waals surface area contributed by atoms with E-state index in [0.717, 1.165) is 21.4 Å². The van der Waals surface area contributed by atoms with Crippen LogP contribution in [0.25, 0.3) is 0 Å². The number of hydrogen-bond acceptors (Lipinski definition) is 2. The number of amides is 1. The third-order valence-corrected chi connectivity index (χ3v) is 4.17. The van der Waals surface area contributed by atoms with Crippen molar-refractivity contribution in [1.29, 1.82) is 0 Å². The first-order chi connectivity index (χ1) is 10.7. The lowest BCUT2D eigenvalue weighted by atomic mass is 10.2. The Labute approximate surface area is 145 Å². The first-order valence-electron chi connectivity index (χ1n) is 7.49. The number of ether oxygens (including phenoxy) is 1. The van der Waals surface area contributed by atoms with E-state index in [1.54, 1.807) is 0 Å². The molecule has 2 rings (SSSR count). The number of benzene rings is 2. The molecule has 0 unspecified atom stereocenters. The zero-order valence-electron chi connectivity index (χ0n) is 12.6. The zero-order chi connectivity index (χ0) is 15.8. The number of hydrogen-bond donors (Lipinski definition) is 1. The minimum Gasteiger partial charge on any atom is -0.494 e. The first-order valence-corrected chi connectivity index (χ1v) is 8.57. The molecule has 116 valence electrons. The standard InChI is InChI=1S/C18H20INO2/c1-2-3-6-12-22-15-9-7-8-14(13-15)20-18(21)16-10-4-5-11-17(16)19/h4-5,7-11,13H,2-3,6,12H2,1H3,(H,20,21). The van der Waals surface area contributed by atoms with E-state index < -0.39 is 0 Å². The molecule has 2 aromatic rings. The second-order valence-corrected chi connectivity index (χ2v) is 6.18. The highest BCUT2D eigenvalue weighted by Gasteiger charge is 2.09. The van der Waals surface area contributed by atoms with E-state index in [0.29, 0.717) is 12.2 Å². The fourth-order valence-electron chi connectivity index (χ4n) is 2.05. The van der Waals surface area contributed by atoms with Crippen LogP contribution in [-0.2, 0) is 0 Å². The quantitative estimate of drug-likeness (QED) is 0.510. The number of carbonyl (C=O) groups is 1. The maximum absolute atomic E-state index is 12.3. The molecule has 0 saturated carbocycles. The van der Waals surface area contributed by atoms with E-state index >= 15 is 0 Å². The van der Waals surface area contributed by atoms with Crippen LogP contribution in [0.3, 0.4) is 0 Å². The van der Waals surface area contributed by atoms with Crippen LogP contribution in [0.1, 0.15) is 36.5 Å². The van der Waals surface area contributed by atoms with E-state index in [1.807, 2.05) is 48.5 Å². The Morgan fingerprint density at radius 2 is 1.95 bits per heavy atom. The average molecular weight is 409 g/mol. The molecule has 2 aromatic carbocycles. The van der Waals surface area contributed by atoms with E-state index in [1.165, 1.54) is 12.8 Å². The van der Waals surface area contributed by atoms with Gasteiger partial charge in [0.25, 0.3) is 5.91 Å². The van der Waals surface area contributed by atoms with Crippen LogP contribution in [0, 0.1) is 3.57 Å². The van der Waals surface area contributed by atoms with Crippen LogP contribution in [0.4, 0.5) is 5.69 Å². The highest BCUT2D eigenvalue weighted by Crippen LogP contribution is 2.19. The van der Waals surface area contributed by atoms with Crippen LogP contribution < -0.4 is 10.1 Å². The average Bonchev–Trinajstić information content (AvgIpc) is 2.52. The second-order valence-electron chi connectivity index (χ2n) is 5.02. The van der Waals surface area contributed by atoms with Crippen molar-refractivity contribution in [2.45, 2.75) is 26.2 Å². The van der Waals surface area contributed by atoms with E-state index in [2.05, 4.69) is 34.8 Å². The minimum atomic E-state index is -0.104. The molecule has 0 aromatic heterocycles. The summed E-state index contributed by atoms with van der Waals surface area (Å²) >= 11 is 2.17. The molecule has 0 heterocycles.